The van der Waals surface area contributed by atoms with Crippen molar-refractivity contribution in [3.8, 4) is 33.4 Å². The molecule has 0 unspecified atom stereocenters. The predicted molar refractivity (Wildman–Crippen MR) is 175 cm³/mol. The largest absolute Gasteiger partial charge is 0.310 e. The maximum Gasteiger partial charge on any atom is 0.0645 e. The van der Waals surface area contributed by atoms with E-state index in [2.05, 4.69) is 0 Å². The van der Waals surface area contributed by atoms with E-state index in [1.165, 1.54) is 0 Å². The van der Waals surface area contributed by atoms with Gasteiger partial charge < -0.3 is 4.90 Å². The second kappa shape index (κ2) is 11.0. The highest BCUT2D eigenvalue weighted by Crippen LogP contribution is 2.40. The Bertz CT molecular complexity index is 3420. The minimum absolute atomic E-state index is 0.381. The van der Waals surface area contributed by atoms with E-state index in [1.54, 1.807) is 0 Å². The van der Waals surface area contributed by atoms with Gasteiger partial charge in [-0.2, -0.15) is 0 Å². The zero-order chi connectivity index (χ0) is 52.7. The molecule has 0 aromatic heterocycles. The summed E-state index contributed by atoms with van der Waals surface area (Å²) in [5.41, 5.74) is -8.79. The molecule has 7 rings (SSSR count). The first-order chi connectivity index (χ1) is 32.4. The molecule has 0 bridgehead atoms. The highest BCUT2D eigenvalue weighted by atomic mass is 15.1. The van der Waals surface area contributed by atoms with Crippen molar-refractivity contribution >= 4 is 27.8 Å². The Balaban J connectivity index is 1.73. The Morgan fingerprint density at radius 1 is 0.366 bits per heavy atom. The van der Waals surface area contributed by atoms with Crippen molar-refractivity contribution < 1.29 is 39.8 Å². The molecule has 7 aromatic rings. The molecule has 0 aliphatic heterocycles. The topological polar surface area (TPSA) is 3.24 Å². The van der Waals surface area contributed by atoms with Gasteiger partial charge in [0.1, 0.15) is 0 Å². The highest BCUT2D eigenvalue weighted by Gasteiger charge is 2.16. The fraction of sp³-hybridized carbons (Fsp3) is 0. The fourth-order valence-corrected chi connectivity index (χ4v) is 3.86. The van der Waals surface area contributed by atoms with Crippen molar-refractivity contribution in [3.05, 3.63) is 175 Å². The van der Waals surface area contributed by atoms with E-state index >= 15 is 0 Å². The van der Waals surface area contributed by atoms with Crippen molar-refractivity contribution in [1.29, 1.82) is 0 Å². The van der Waals surface area contributed by atoms with E-state index in [0.29, 0.717) is 4.90 Å². The van der Waals surface area contributed by atoms with Gasteiger partial charge >= 0.3 is 0 Å². The number of fused-ring (bicyclic) bond motifs is 1. The molecule has 194 valence electrons. The lowest BCUT2D eigenvalue weighted by Gasteiger charge is -2.27. The molecule has 0 heterocycles. The molecule has 7 aromatic carbocycles. The first kappa shape index (κ1) is 8.55. The van der Waals surface area contributed by atoms with Crippen LogP contribution in [0.15, 0.2) is 175 Å². The lowest BCUT2D eigenvalue weighted by molar-refractivity contribution is 1.30. The summed E-state index contributed by atoms with van der Waals surface area (Å²) in [5, 5.41) is -1.52. The average Bonchev–Trinajstić information content (AvgIpc) is 3.32. The van der Waals surface area contributed by atoms with E-state index in [1.807, 2.05) is 0 Å². The van der Waals surface area contributed by atoms with Gasteiger partial charge in [0.25, 0.3) is 0 Å². The molecule has 0 amide bonds. The van der Waals surface area contributed by atoms with Crippen LogP contribution in [0, 0.1) is 0 Å². The van der Waals surface area contributed by atoms with Gasteiger partial charge in [0.05, 0.1) is 45.4 Å². The number of rotatable bonds is 6. The van der Waals surface area contributed by atoms with Crippen LogP contribution in [0.5, 0.6) is 0 Å². The molecule has 0 radical (unpaired) electrons. The van der Waals surface area contributed by atoms with Gasteiger partial charge in [-0.05, 0) is 75.0 Å². The van der Waals surface area contributed by atoms with Crippen LogP contribution in [0.2, 0.25) is 0 Å². The number of hydrogen-bond donors (Lipinski definition) is 0. The van der Waals surface area contributed by atoms with Gasteiger partial charge in [0.2, 0.25) is 0 Å². The highest BCUT2D eigenvalue weighted by molar-refractivity contribution is 5.99. The first-order valence-corrected chi connectivity index (χ1v) is 11.7. The number of nitrogens with zero attached hydrogens (tertiary/aromatic N) is 1. The van der Waals surface area contributed by atoms with Crippen LogP contribution in [0.25, 0.3) is 44.2 Å². The molecule has 0 aliphatic carbocycles. The summed E-state index contributed by atoms with van der Waals surface area (Å²) in [6, 6.07) is -30.9. The third kappa shape index (κ3) is 4.90. The fourth-order valence-electron chi connectivity index (χ4n) is 3.86. The Hall–Kier alpha value is -5.40. The second-order valence-electron chi connectivity index (χ2n) is 8.01. The van der Waals surface area contributed by atoms with Crippen molar-refractivity contribution in [1.82, 2.24) is 0 Å². The van der Waals surface area contributed by atoms with Crippen LogP contribution in [0.4, 0.5) is 17.1 Å². The Morgan fingerprint density at radius 2 is 0.902 bits per heavy atom. The number of anilines is 3. The number of hydrogen-bond acceptors (Lipinski definition) is 1. The van der Waals surface area contributed by atoms with Crippen LogP contribution in [0.1, 0.15) is 39.8 Å². The van der Waals surface area contributed by atoms with Crippen molar-refractivity contribution in [2.75, 3.05) is 4.90 Å². The molecule has 0 saturated heterocycles. The molecule has 0 saturated carbocycles. The van der Waals surface area contributed by atoms with Gasteiger partial charge in [0.15, 0.2) is 0 Å². The monoisotopic (exact) mass is 552 g/mol. The standard InChI is InChI=1S/C40H29N/c1-4-13-31(14-5-1)37-28-25-34(29-39(37)33-15-6-2-7-16-33)30-23-26-36(27-24-30)41(35-19-8-3-9-20-35)40-22-12-18-32-17-10-11-21-38(32)40/h1-29H/i1D,2D,3D,4D,5D,6D,7D,8D,9D,10D,11D,12D,13D,14D,15D,16D,17D,18D,19D,20D,21D,22D,23D,24D,25D,26D,27D,28D,29D. The molecule has 41 heavy (non-hydrogen) atoms. The van der Waals surface area contributed by atoms with Crippen molar-refractivity contribution in [3.63, 3.8) is 0 Å². The van der Waals surface area contributed by atoms with Gasteiger partial charge in [-0.3, -0.25) is 0 Å². The third-order valence-electron chi connectivity index (χ3n) is 5.62. The molecule has 1 nitrogen and oxygen atoms in total. The molecule has 0 spiro atoms. The summed E-state index contributed by atoms with van der Waals surface area (Å²) in [6.45, 7) is 0. The maximum absolute atomic E-state index is 9.60. The van der Waals surface area contributed by atoms with Crippen LogP contribution in [0.3, 0.4) is 0 Å². The Labute approximate surface area is 282 Å². The molecule has 0 aliphatic rings. The van der Waals surface area contributed by atoms with Gasteiger partial charge in [-0.1, -0.05) is 139 Å². The second-order valence-corrected chi connectivity index (χ2v) is 8.01. The van der Waals surface area contributed by atoms with Crippen LogP contribution < -0.4 is 4.90 Å². The van der Waals surface area contributed by atoms with Crippen molar-refractivity contribution in [2.24, 2.45) is 0 Å². The van der Waals surface area contributed by atoms with E-state index in [9.17, 15) is 9.60 Å². The van der Waals surface area contributed by atoms with E-state index in [4.69, 9.17) is 30.2 Å². The first-order valence-electron chi connectivity index (χ1n) is 26.2. The van der Waals surface area contributed by atoms with Gasteiger partial charge in [0, 0.05) is 16.8 Å². The van der Waals surface area contributed by atoms with Crippen LogP contribution >= 0.6 is 0 Å². The summed E-state index contributed by atoms with van der Waals surface area (Å²) in [6.07, 6.45) is 0. The Morgan fingerprint density at radius 3 is 1.61 bits per heavy atom. The maximum atomic E-state index is 9.60. The van der Waals surface area contributed by atoms with Crippen LogP contribution in [-0.4, -0.2) is 0 Å². The SMILES string of the molecule is [2H]c1c([2H])c([2H])c(-c2c([2H])c([2H])c(-c3c([2H])c([2H])c(N(c4c([2H])c([2H])c([2H])c([2H])c4[2H])c4c([2H])c([2H])c([2H])c5c([2H])c([2H])c([2H])c([2H])c45)c([2H])c3[2H])c([2H])c2-c2c([2H])c([2H])c([2H])c([2H])c2[2H])c([2H])c1[2H]. The zero-order valence-corrected chi connectivity index (χ0v) is 20.4. The lowest BCUT2D eigenvalue weighted by Crippen LogP contribution is -2.10. The molecule has 0 N–H and O–H groups in total. The summed E-state index contributed by atoms with van der Waals surface area (Å²) in [4.78, 5) is 0.381. The minimum Gasteiger partial charge on any atom is -0.310 e. The third-order valence-corrected chi connectivity index (χ3v) is 5.62. The summed E-state index contributed by atoms with van der Waals surface area (Å²) < 4.78 is 254. The predicted octanol–water partition coefficient (Wildman–Crippen LogP) is 11.3. The van der Waals surface area contributed by atoms with Gasteiger partial charge in [-0.25, -0.2) is 0 Å². The summed E-state index contributed by atoms with van der Waals surface area (Å²) in [5.74, 6) is 0. The van der Waals surface area contributed by atoms with Crippen LogP contribution in [-0.2, 0) is 0 Å². The van der Waals surface area contributed by atoms with Crippen molar-refractivity contribution in [2.45, 2.75) is 0 Å². The Kier molecular flexibility index (Phi) is 2.29. The summed E-state index contributed by atoms with van der Waals surface area (Å²) >= 11 is 0. The van der Waals surface area contributed by atoms with E-state index in [0.717, 1.165) is 0 Å². The number of para-hydroxylation sites is 1. The molecule has 1 heteroatoms. The molecular formula is C40H29N. The molecule has 0 atom stereocenters. The number of benzene rings is 7. The molecule has 0 fully saturated rings. The quantitative estimate of drug-likeness (QED) is 0.198. The average molecular weight is 553 g/mol. The smallest absolute Gasteiger partial charge is 0.0645 e. The lowest BCUT2D eigenvalue weighted by atomic mass is 9.91. The van der Waals surface area contributed by atoms with E-state index < -0.39 is 236 Å². The molecular weight excluding hydrogens is 494 g/mol. The minimum atomic E-state index is -1.29. The van der Waals surface area contributed by atoms with E-state index in [-0.39, 0.29) is 0 Å². The normalized spacial score (nSPS) is 20.8. The summed E-state index contributed by atoms with van der Waals surface area (Å²) in [7, 11) is 0. The van der Waals surface area contributed by atoms with Gasteiger partial charge in [-0.15, -0.1) is 0 Å². The zero-order valence-electron chi connectivity index (χ0n) is 49.4.